The Labute approximate surface area is 184 Å². The SMILES string of the molecule is O=C(Oc1ccc(-c2nc3sc4c(c3c(=O)[nH]2)CCCC4)cc1)c1cccc(Br)c1. The minimum Gasteiger partial charge on any atom is -0.423 e. The molecular formula is C23H17BrN2O3S. The third-order valence-corrected chi connectivity index (χ3v) is 6.90. The van der Waals surface area contributed by atoms with Crippen LogP contribution in [-0.4, -0.2) is 15.9 Å². The van der Waals surface area contributed by atoms with E-state index in [1.54, 1.807) is 53.8 Å². The molecule has 0 aliphatic heterocycles. The van der Waals surface area contributed by atoms with Crippen molar-refractivity contribution in [3.63, 3.8) is 0 Å². The topological polar surface area (TPSA) is 72.0 Å². The number of ether oxygens (including phenoxy) is 1. The average molecular weight is 481 g/mol. The van der Waals surface area contributed by atoms with Crippen LogP contribution in [0.2, 0.25) is 0 Å². The van der Waals surface area contributed by atoms with Crippen LogP contribution in [0.25, 0.3) is 21.6 Å². The third-order valence-electron chi connectivity index (χ3n) is 5.22. The van der Waals surface area contributed by atoms with Crippen LogP contribution in [0.3, 0.4) is 0 Å². The lowest BCUT2D eigenvalue weighted by Gasteiger charge is -2.09. The second-order valence-corrected chi connectivity index (χ2v) is 9.23. The Morgan fingerprint density at radius 3 is 2.70 bits per heavy atom. The predicted octanol–water partition coefficient (Wildman–Crippen LogP) is 5.51. The molecule has 5 rings (SSSR count). The van der Waals surface area contributed by atoms with Gasteiger partial charge >= 0.3 is 5.97 Å². The maximum absolute atomic E-state index is 12.7. The van der Waals surface area contributed by atoms with Crippen LogP contribution in [0, 0.1) is 0 Å². The van der Waals surface area contributed by atoms with Gasteiger partial charge in [-0.2, -0.15) is 0 Å². The zero-order chi connectivity index (χ0) is 20.7. The standard InChI is InChI=1S/C23H17BrN2O3S/c24-15-5-3-4-14(12-15)23(28)29-16-10-8-13(9-11-16)20-25-21(27)19-17-6-1-2-7-18(17)30-22(19)26-20/h3-5,8-12H,1-2,6-7H2,(H,25,26,27). The predicted molar refractivity (Wildman–Crippen MR) is 121 cm³/mol. The molecule has 150 valence electrons. The van der Waals surface area contributed by atoms with E-state index in [4.69, 9.17) is 9.72 Å². The van der Waals surface area contributed by atoms with Gasteiger partial charge in [0.05, 0.1) is 10.9 Å². The van der Waals surface area contributed by atoms with Gasteiger partial charge in [-0.1, -0.05) is 22.0 Å². The minimum absolute atomic E-state index is 0.0837. The van der Waals surface area contributed by atoms with Crippen LogP contribution in [-0.2, 0) is 12.8 Å². The fraction of sp³-hybridized carbons (Fsp3) is 0.174. The maximum atomic E-state index is 12.7. The monoisotopic (exact) mass is 480 g/mol. The maximum Gasteiger partial charge on any atom is 0.343 e. The molecule has 0 radical (unpaired) electrons. The Morgan fingerprint density at radius 1 is 1.10 bits per heavy atom. The molecule has 4 aromatic rings. The summed E-state index contributed by atoms with van der Waals surface area (Å²) in [5.74, 6) is 0.524. The van der Waals surface area contributed by atoms with E-state index in [-0.39, 0.29) is 5.56 Å². The number of benzene rings is 2. The average Bonchev–Trinajstić information content (AvgIpc) is 3.13. The smallest absolute Gasteiger partial charge is 0.343 e. The normalized spacial score (nSPS) is 13.2. The third kappa shape index (κ3) is 3.59. The highest BCUT2D eigenvalue weighted by atomic mass is 79.9. The fourth-order valence-corrected chi connectivity index (χ4v) is 5.42. The number of nitrogens with one attached hydrogen (secondary N) is 1. The molecule has 2 aromatic heterocycles. The van der Waals surface area contributed by atoms with Crippen LogP contribution in [0.15, 0.2) is 57.8 Å². The first kappa shape index (κ1) is 19.2. The van der Waals surface area contributed by atoms with E-state index in [1.165, 1.54) is 16.9 Å². The summed E-state index contributed by atoms with van der Waals surface area (Å²) in [5, 5.41) is 0.748. The van der Waals surface area contributed by atoms with Gasteiger partial charge in [-0.3, -0.25) is 4.79 Å². The molecule has 1 aliphatic rings. The van der Waals surface area contributed by atoms with E-state index in [2.05, 4.69) is 20.9 Å². The highest BCUT2D eigenvalue weighted by molar-refractivity contribution is 9.10. The molecule has 1 N–H and O–H groups in total. The summed E-state index contributed by atoms with van der Waals surface area (Å²) in [6, 6.07) is 14.0. The Hall–Kier alpha value is -2.77. The Bertz CT molecular complexity index is 1320. The first-order chi connectivity index (χ1) is 14.6. The molecule has 0 spiro atoms. The Kier molecular flexibility index (Phi) is 5.00. The number of halogens is 1. The molecule has 0 bridgehead atoms. The van der Waals surface area contributed by atoms with Gasteiger partial charge in [-0.25, -0.2) is 9.78 Å². The summed E-state index contributed by atoms with van der Waals surface area (Å²) in [5.41, 5.74) is 2.32. The summed E-state index contributed by atoms with van der Waals surface area (Å²) in [6.07, 6.45) is 4.28. The molecule has 5 nitrogen and oxygen atoms in total. The van der Waals surface area contributed by atoms with Gasteiger partial charge in [0.15, 0.2) is 0 Å². The summed E-state index contributed by atoms with van der Waals surface area (Å²) in [4.78, 5) is 34.8. The zero-order valence-corrected chi connectivity index (χ0v) is 18.3. The number of nitrogens with zero attached hydrogens (tertiary/aromatic N) is 1. The molecule has 7 heteroatoms. The van der Waals surface area contributed by atoms with E-state index in [9.17, 15) is 9.59 Å². The van der Waals surface area contributed by atoms with E-state index >= 15 is 0 Å². The van der Waals surface area contributed by atoms with Crippen molar-refractivity contribution in [2.24, 2.45) is 0 Å². The number of aryl methyl sites for hydroxylation is 2. The van der Waals surface area contributed by atoms with Crippen molar-refractivity contribution >= 4 is 43.5 Å². The van der Waals surface area contributed by atoms with Gasteiger partial charge in [0.1, 0.15) is 16.4 Å². The van der Waals surface area contributed by atoms with E-state index in [0.717, 1.165) is 39.5 Å². The fourth-order valence-electron chi connectivity index (χ4n) is 3.76. The Morgan fingerprint density at radius 2 is 1.90 bits per heavy atom. The van der Waals surface area contributed by atoms with Crippen LogP contribution in [0.5, 0.6) is 5.75 Å². The summed E-state index contributed by atoms with van der Waals surface area (Å²) in [7, 11) is 0. The van der Waals surface area contributed by atoms with Gasteiger partial charge in [-0.15, -0.1) is 11.3 Å². The molecule has 2 aromatic carbocycles. The summed E-state index contributed by atoms with van der Waals surface area (Å²) < 4.78 is 6.26. The zero-order valence-electron chi connectivity index (χ0n) is 15.9. The molecule has 0 atom stereocenters. The first-order valence-corrected chi connectivity index (χ1v) is 11.3. The number of H-pyrrole nitrogens is 1. The first-order valence-electron chi connectivity index (χ1n) is 9.71. The highest BCUT2D eigenvalue weighted by Gasteiger charge is 2.20. The van der Waals surface area contributed by atoms with Gasteiger partial charge < -0.3 is 9.72 Å². The molecule has 2 heterocycles. The number of thiophene rings is 1. The van der Waals surface area contributed by atoms with E-state index in [1.807, 2.05) is 6.07 Å². The van der Waals surface area contributed by atoms with E-state index in [0.29, 0.717) is 17.1 Å². The molecule has 1 aliphatic carbocycles. The molecule has 0 fully saturated rings. The lowest BCUT2D eigenvalue weighted by atomic mass is 9.97. The highest BCUT2D eigenvalue weighted by Crippen LogP contribution is 2.34. The molecule has 0 unspecified atom stereocenters. The van der Waals surface area contributed by atoms with Crippen molar-refractivity contribution in [3.05, 3.63) is 79.4 Å². The van der Waals surface area contributed by atoms with Crippen molar-refractivity contribution < 1.29 is 9.53 Å². The largest absolute Gasteiger partial charge is 0.423 e. The number of hydrogen-bond acceptors (Lipinski definition) is 5. The molecule has 0 amide bonds. The van der Waals surface area contributed by atoms with Gasteiger partial charge in [-0.05, 0) is 73.7 Å². The lowest BCUT2D eigenvalue weighted by Crippen LogP contribution is -2.11. The summed E-state index contributed by atoms with van der Waals surface area (Å²) >= 11 is 4.98. The number of carbonyl (C=O) groups excluding carboxylic acids is 1. The molecule has 0 saturated carbocycles. The van der Waals surface area contributed by atoms with Crippen LogP contribution >= 0.6 is 27.3 Å². The van der Waals surface area contributed by atoms with Crippen molar-refractivity contribution in [1.82, 2.24) is 9.97 Å². The van der Waals surface area contributed by atoms with Gasteiger partial charge in [0.25, 0.3) is 5.56 Å². The molecule has 0 saturated heterocycles. The van der Waals surface area contributed by atoms with Crippen molar-refractivity contribution in [1.29, 1.82) is 0 Å². The van der Waals surface area contributed by atoms with Crippen LogP contribution < -0.4 is 10.3 Å². The van der Waals surface area contributed by atoms with Crippen molar-refractivity contribution in [2.45, 2.75) is 25.7 Å². The second-order valence-electron chi connectivity index (χ2n) is 7.23. The van der Waals surface area contributed by atoms with Crippen LogP contribution in [0.4, 0.5) is 0 Å². The Balaban J connectivity index is 1.42. The van der Waals surface area contributed by atoms with Crippen LogP contribution in [0.1, 0.15) is 33.6 Å². The van der Waals surface area contributed by atoms with Crippen molar-refractivity contribution in [2.75, 3.05) is 0 Å². The quantitative estimate of drug-likeness (QED) is 0.309. The van der Waals surface area contributed by atoms with E-state index < -0.39 is 5.97 Å². The number of fused-ring (bicyclic) bond motifs is 3. The number of hydrogen-bond donors (Lipinski definition) is 1. The number of aromatic amines is 1. The molecular weight excluding hydrogens is 464 g/mol. The molecule has 30 heavy (non-hydrogen) atoms. The van der Waals surface area contributed by atoms with Crippen molar-refractivity contribution in [3.8, 4) is 17.1 Å². The van der Waals surface area contributed by atoms with Gasteiger partial charge in [0, 0.05) is 14.9 Å². The minimum atomic E-state index is -0.429. The second kappa shape index (κ2) is 7.81. The number of carbonyl (C=O) groups is 1. The number of aromatic nitrogens is 2. The number of esters is 1. The summed E-state index contributed by atoms with van der Waals surface area (Å²) in [6.45, 7) is 0. The lowest BCUT2D eigenvalue weighted by molar-refractivity contribution is 0.0734. The number of rotatable bonds is 3. The van der Waals surface area contributed by atoms with Gasteiger partial charge in [0.2, 0.25) is 0 Å².